The maximum absolute atomic E-state index is 11.3. The van der Waals surface area contributed by atoms with Crippen LogP contribution in [-0.2, 0) is 13.2 Å². The van der Waals surface area contributed by atoms with Crippen molar-refractivity contribution in [2.45, 2.75) is 33.9 Å². The number of hydrogen-bond donors (Lipinski definition) is 2. The van der Waals surface area contributed by atoms with E-state index in [1.165, 1.54) is 5.56 Å². The summed E-state index contributed by atoms with van der Waals surface area (Å²) in [5, 5.41) is 13.0. The molecule has 0 saturated heterocycles. The number of aromatic carboxylic acids is 1. The van der Waals surface area contributed by atoms with Gasteiger partial charge in [0.05, 0.1) is 12.2 Å². The Morgan fingerprint density at radius 1 is 1.03 bits per heavy atom. The molecule has 5 nitrogen and oxygen atoms in total. The van der Waals surface area contributed by atoms with Crippen molar-refractivity contribution in [3.8, 4) is 11.5 Å². The highest BCUT2D eigenvalue weighted by atomic mass is 35.5. The zero-order valence-corrected chi connectivity index (χ0v) is 18.6. The predicted molar refractivity (Wildman–Crippen MR) is 124 cm³/mol. The first kappa shape index (κ1) is 22.5. The predicted octanol–water partition coefficient (Wildman–Crippen LogP) is 6.24. The third-order valence-corrected chi connectivity index (χ3v) is 5.20. The Bertz CT molecular complexity index is 1080. The number of hydrogen-bond acceptors (Lipinski definition) is 4. The SMILES string of the molecule is CCOc1cc(CNc2cc(C(=O)O)ccc2C)c(Cl)cc1OCc1cccc(C)c1. The molecule has 0 saturated carbocycles. The molecule has 2 N–H and O–H groups in total. The van der Waals surface area contributed by atoms with Gasteiger partial charge in [0.15, 0.2) is 11.5 Å². The minimum absolute atomic E-state index is 0.231. The number of carboxylic acid groups (broad SMARTS) is 1. The average Bonchev–Trinajstić information content (AvgIpc) is 2.73. The number of rotatable bonds is 9. The van der Waals surface area contributed by atoms with E-state index < -0.39 is 5.97 Å². The summed E-state index contributed by atoms with van der Waals surface area (Å²) in [6.45, 7) is 7.20. The van der Waals surface area contributed by atoms with Crippen LogP contribution < -0.4 is 14.8 Å². The molecule has 0 aromatic heterocycles. The number of benzene rings is 3. The quantitative estimate of drug-likeness (QED) is 0.412. The highest BCUT2D eigenvalue weighted by molar-refractivity contribution is 6.31. The normalized spacial score (nSPS) is 10.6. The van der Waals surface area contributed by atoms with Crippen molar-refractivity contribution < 1.29 is 19.4 Å². The number of anilines is 1. The molecule has 0 amide bonds. The van der Waals surface area contributed by atoms with E-state index >= 15 is 0 Å². The molecule has 0 heterocycles. The lowest BCUT2D eigenvalue weighted by Gasteiger charge is -2.16. The third kappa shape index (κ3) is 5.92. The molecular weight excluding hydrogens is 414 g/mol. The maximum atomic E-state index is 11.3. The van der Waals surface area contributed by atoms with Gasteiger partial charge in [-0.2, -0.15) is 0 Å². The van der Waals surface area contributed by atoms with Crippen molar-refractivity contribution in [1.29, 1.82) is 0 Å². The van der Waals surface area contributed by atoms with Crippen LogP contribution in [0.2, 0.25) is 5.02 Å². The fourth-order valence-electron chi connectivity index (χ4n) is 3.19. The van der Waals surface area contributed by atoms with Crippen LogP contribution in [0.15, 0.2) is 54.6 Å². The summed E-state index contributed by atoms with van der Waals surface area (Å²) in [6, 6.07) is 16.7. The van der Waals surface area contributed by atoms with Crippen LogP contribution in [0.1, 0.15) is 39.5 Å². The standard InChI is InChI=1S/C25H26ClNO4/c1-4-30-23-12-20(14-27-22-11-19(25(28)29)9-8-17(22)3)21(26)13-24(23)31-15-18-7-5-6-16(2)10-18/h5-13,27H,4,14-15H2,1-3H3,(H,28,29). The lowest BCUT2D eigenvalue weighted by molar-refractivity contribution is 0.0697. The van der Waals surface area contributed by atoms with Gasteiger partial charge in [-0.3, -0.25) is 0 Å². The second-order valence-electron chi connectivity index (χ2n) is 7.29. The van der Waals surface area contributed by atoms with Crippen LogP contribution in [0.25, 0.3) is 0 Å². The molecule has 6 heteroatoms. The zero-order valence-electron chi connectivity index (χ0n) is 17.9. The van der Waals surface area contributed by atoms with Crippen molar-refractivity contribution in [2.75, 3.05) is 11.9 Å². The van der Waals surface area contributed by atoms with Gasteiger partial charge in [0, 0.05) is 23.3 Å². The Labute approximate surface area is 187 Å². The molecule has 0 aliphatic rings. The Morgan fingerprint density at radius 3 is 2.52 bits per heavy atom. The minimum Gasteiger partial charge on any atom is -0.490 e. The van der Waals surface area contributed by atoms with E-state index in [2.05, 4.69) is 11.4 Å². The van der Waals surface area contributed by atoms with Crippen molar-refractivity contribution in [2.24, 2.45) is 0 Å². The lowest BCUT2D eigenvalue weighted by atomic mass is 10.1. The molecule has 3 aromatic carbocycles. The number of nitrogens with one attached hydrogen (secondary N) is 1. The first-order chi connectivity index (χ1) is 14.9. The molecule has 0 bridgehead atoms. The second kappa shape index (κ2) is 10.2. The molecule has 0 aliphatic heterocycles. The summed E-state index contributed by atoms with van der Waals surface area (Å²) in [5.74, 6) is 0.239. The number of ether oxygens (including phenoxy) is 2. The molecule has 31 heavy (non-hydrogen) atoms. The highest BCUT2D eigenvalue weighted by Crippen LogP contribution is 2.35. The van der Waals surface area contributed by atoms with Gasteiger partial charge in [0.25, 0.3) is 0 Å². The van der Waals surface area contributed by atoms with Gasteiger partial charge in [-0.1, -0.05) is 47.5 Å². The monoisotopic (exact) mass is 439 g/mol. The largest absolute Gasteiger partial charge is 0.490 e. The molecule has 3 rings (SSSR count). The summed E-state index contributed by atoms with van der Waals surface area (Å²) >= 11 is 6.53. The number of halogens is 1. The first-order valence-corrected chi connectivity index (χ1v) is 10.5. The molecule has 0 unspecified atom stereocenters. The van der Waals surface area contributed by atoms with E-state index in [1.807, 2.05) is 45.0 Å². The summed E-state index contributed by atoms with van der Waals surface area (Å²) in [4.78, 5) is 11.3. The zero-order chi connectivity index (χ0) is 22.4. The average molecular weight is 440 g/mol. The topological polar surface area (TPSA) is 67.8 Å². The van der Waals surface area contributed by atoms with Crippen LogP contribution in [-0.4, -0.2) is 17.7 Å². The van der Waals surface area contributed by atoms with Gasteiger partial charge < -0.3 is 19.9 Å². The Morgan fingerprint density at radius 2 is 1.81 bits per heavy atom. The van der Waals surface area contributed by atoms with Gasteiger partial charge in [0.1, 0.15) is 6.61 Å². The number of aryl methyl sites for hydroxylation is 2. The van der Waals surface area contributed by atoms with Gasteiger partial charge >= 0.3 is 5.97 Å². The highest BCUT2D eigenvalue weighted by Gasteiger charge is 2.13. The van der Waals surface area contributed by atoms with Crippen LogP contribution >= 0.6 is 11.6 Å². The van der Waals surface area contributed by atoms with Crippen molar-refractivity contribution in [3.05, 3.63) is 87.4 Å². The molecule has 0 fully saturated rings. The van der Waals surface area contributed by atoms with E-state index in [-0.39, 0.29) is 5.56 Å². The Kier molecular flexibility index (Phi) is 7.42. The summed E-state index contributed by atoms with van der Waals surface area (Å²) in [7, 11) is 0. The van der Waals surface area contributed by atoms with Gasteiger partial charge in [-0.25, -0.2) is 4.79 Å². The van der Waals surface area contributed by atoms with Crippen LogP contribution in [0, 0.1) is 13.8 Å². The van der Waals surface area contributed by atoms with Gasteiger partial charge in [-0.05, 0) is 55.7 Å². The third-order valence-electron chi connectivity index (χ3n) is 4.84. The fraction of sp³-hybridized carbons (Fsp3) is 0.240. The smallest absolute Gasteiger partial charge is 0.335 e. The molecule has 0 spiro atoms. The summed E-state index contributed by atoms with van der Waals surface area (Å²) in [5.41, 5.74) is 4.99. The van der Waals surface area contributed by atoms with E-state index in [0.717, 1.165) is 22.4 Å². The molecule has 0 atom stereocenters. The summed E-state index contributed by atoms with van der Waals surface area (Å²) in [6.07, 6.45) is 0. The van der Waals surface area contributed by atoms with Crippen LogP contribution in [0.5, 0.6) is 11.5 Å². The van der Waals surface area contributed by atoms with Crippen LogP contribution in [0.3, 0.4) is 0 Å². The summed E-state index contributed by atoms with van der Waals surface area (Å²) < 4.78 is 11.8. The van der Waals surface area contributed by atoms with Crippen molar-refractivity contribution >= 4 is 23.3 Å². The minimum atomic E-state index is -0.963. The van der Waals surface area contributed by atoms with Gasteiger partial charge in [-0.15, -0.1) is 0 Å². The number of carbonyl (C=O) groups is 1. The van der Waals surface area contributed by atoms with E-state index in [9.17, 15) is 9.90 Å². The van der Waals surface area contributed by atoms with E-state index in [1.54, 1.807) is 24.3 Å². The lowest BCUT2D eigenvalue weighted by Crippen LogP contribution is -2.06. The molecule has 162 valence electrons. The first-order valence-electron chi connectivity index (χ1n) is 10.1. The Hall–Kier alpha value is -3.18. The van der Waals surface area contributed by atoms with E-state index in [0.29, 0.717) is 36.3 Å². The molecule has 0 radical (unpaired) electrons. The maximum Gasteiger partial charge on any atom is 0.335 e. The molecule has 0 aliphatic carbocycles. The van der Waals surface area contributed by atoms with Gasteiger partial charge in [0.2, 0.25) is 0 Å². The fourth-order valence-corrected chi connectivity index (χ4v) is 3.41. The van der Waals surface area contributed by atoms with Crippen LogP contribution in [0.4, 0.5) is 5.69 Å². The number of carboxylic acids is 1. The van der Waals surface area contributed by atoms with Crippen molar-refractivity contribution in [3.63, 3.8) is 0 Å². The molecular formula is C25H26ClNO4. The van der Waals surface area contributed by atoms with E-state index in [4.69, 9.17) is 21.1 Å². The second-order valence-corrected chi connectivity index (χ2v) is 7.70. The molecule has 3 aromatic rings. The van der Waals surface area contributed by atoms with Crippen molar-refractivity contribution in [1.82, 2.24) is 0 Å². The Balaban J connectivity index is 1.78.